The number of aliphatic hydroxyl groups is 2. The number of carboxylic acid groups (broad SMARTS) is 2. The fraction of sp³-hybridized carbons (Fsp3) is 0.439. The molecule has 0 unspecified atom stereocenters. The summed E-state index contributed by atoms with van der Waals surface area (Å²) in [6.07, 6.45) is 10.4. The molecule has 0 radical (unpaired) electrons. The van der Waals surface area contributed by atoms with Crippen LogP contribution in [-0.2, 0) is 23.7 Å². The fourth-order valence-corrected chi connectivity index (χ4v) is 11.2. The van der Waals surface area contributed by atoms with Crippen molar-refractivity contribution in [1.82, 2.24) is 9.80 Å². The number of nitrogens with zero attached hydrogens (tertiary/aromatic N) is 2. The molecular formula is C41H42N2O13. The molecule has 1 aromatic heterocycles. The van der Waals surface area contributed by atoms with Gasteiger partial charge in [0.1, 0.15) is 24.4 Å². The Morgan fingerprint density at radius 2 is 1.18 bits per heavy atom. The van der Waals surface area contributed by atoms with E-state index in [1.807, 2.05) is 24.3 Å². The molecule has 3 aromatic rings. The van der Waals surface area contributed by atoms with Crippen LogP contribution in [0.2, 0.25) is 0 Å². The molecule has 7 N–H and O–H groups in total. The molecule has 2 saturated heterocycles. The smallest absolute Gasteiger partial charge is 0.375 e. The number of phenolic OH excluding ortho intramolecular Hbond substituents is 2. The van der Waals surface area contributed by atoms with Crippen molar-refractivity contribution in [3.8, 4) is 28.7 Å². The zero-order valence-electron chi connectivity index (χ0n) is 30.5. The number of benzene rings is 2. The summed E-state index contributed by atoms with van der Waals surface area (Å²) in [5, 5.41) is 67.0. The lowest BCUT2D eigenvalue weighted by atomic mass is 9.53. The van der Waals surface area contributed by atoms with Gasteiger partial charge in [-0.05, 0) is 76.1 Å². The molecule has 0 saturated carbocycles. The first kappa shape index (κ1) is 36.3. The van der Waals surface area contributed by atoms with Crippen molar-refractivity contribution in [2.24, 2.45) is 11.8 Å². The van der Waals surface area contributed by atoms with Crippen LogP contribution in [0.5, 0.6) is 28.7 Å². The van der Waals surface area contributed by atoms with Crippen LogP contribution >= 0.6 is 0 Å². The number of carbonyl (C=O) groups is 2. The average Bonchev–Trinajstić information content (AvgIpc) is 3.71. The van der Waals surface area contributed by atoms with E-state index in [4.69, 9.17) is 24.8 Å². The molecule has 2 spiro atoms. The number of likely N-dealkylation sites (N-methyl/N-ethyl adjacent to an activating group) is 2. The van der Waals surface area contributed by atoms with Crippen molar-refractivity contribution < 1.29 is 59.2 Å². The van der Waals surface area contributed by atoms with E-state index in [9.17, 15) is 34.8 Å². The number of hydrogen-bond acceptors (Lipinski definition) is 13. The summed E-state index contributed by atoms with van der Waals surface area (Å²) in [4.78, 5) is 36.4. The second-order valence-corrected chi connectivity index (χ2v) is 16.1. The number of piperidine rings is 2. The molecular weight excluding hydrogens is 728 g/mol. The second kappa shape index (κ2) is 12.6. The summed E-state index contributed by atoms with van der Waals surface area (Å²) in [5.41, 5.74) is 3.46. The first-order valence-electron chi connectivity index (χ1n) is 18.7. The normalized spacial score (nSPS) is 34.4. The standard InChI is InChI=1S/2C17H19NO3.C7H4O7/c2*1-18-7-6-17-10-3-5-13(20)16(17)21-15-12(19)4-2-9(14(15)17)8-11(10)18;8-2-1-3(6(10)11)14-5(4(2)9)7(12)13/h2*2-5,10-11,13,16,19-20H,6-8H2,1H3;1,9H,(H,10,11)(H,12,13)/t2*10-,11+,13-,16-,17-;/m00./s1. The van der Waals surface area contributed by atoms with Gasteiger partial charge in [0.25, 0.3) is 5.76 Å². The Balaban J connectivity index is 0.000000113. The number of aromatic carboxylic acids is 2. The number of hydrogen-bond donors (Lipinski definition) is 7. The molecule has 15 nitrogen and oxygen atoms in total. The van der Waals surface area contributed by atoms with Crippen LogP contribution in [-0.4, -0.2) is 121 Å². The zero-order valence-corrected chi connectivity index (χ0v) is 30.5. The SMILES string of the molecule is CN1CC[C@]23c4c5ccc(O)c4O[C@H]2[C@@H](O)C=C[C@H]3[C@H]1C5.CN1CC[C@]23c4c5ccc(O)c4O[C@H]2[C@@H](O)C=C[C@H]3[C@H]1C5.O=C(O)c1cc(=O)c(O)c(C(=O)O)o1. The molecule has 294 valence electrons. The fourth-order valence-electron chi connectivity index (χ4n) is 11.2. The van der Waals surface area contributed by atoms with Crippen LogP contribution in [0.25, 0.3) is 0 Å². The predicted octanol–water partition coefficient (Wildman–Crippen LogP) is 2.14. The Bertz CT molecular complexity index is 2190. The lowest BCUT2D eigenvalue weighted by Crippen LogP contribution is -2.64. The van der Waals surface area contributed by atoms with Gasteiger partial charge in [-0.1, -0.05) is 36.4 Å². The van der Waals surface area contributed by atoms with Crippen LogP contribution in [0.3, 0.4) is 0 Å². The van der Waals surface area contributed by atoms with Gasteiger partial charge in [-0.15, -0.1) is 0 Å². The highest BCUT2D eigenvalue weighted by atomic mass is 16.5. The van der Waals surface area contributed by atoms with E-state index in [0.717, 1.165) is 38.8 Å². The maximum Gasteiger partial charge on any atom is 0.375 e. The van der Waals surface area contributed by atoms with E-state index in [0.29, 0.717) is 41.5 Å². The summed E-state index contributed by atoms with van der Waals surface area (Å²) >= 11 is 0. The minimum absolute atomic E-state index is 0.160. The zero-order chi connectivity index (χ0) is 39.6. The molecule has 4 bridgehead atoms. The van der Waals surface area contributed by atoms with Crippen molar-refractivity contribution in [1.29, 1.82) is 0 Å². The maximum atomic E-state index is 10.8. The Morgan fingerprint density at radius 3 is 1.61 bits per heavy atom. The van der Waals surface area contributed by atoms with Gasteiger partial charge >= 0.3 is 11.9 Å². The van der Waals surface area contributed by atoms with Gasteiger partial charge in [0.15, 0.2) is 23.0 Å². The van der Waals surface area contributed by atoms with Gasteiger partial charge in [-0.2, -0.15) is 0 Å². The lowest BCUT2D eigenvalue weighted by molar-refractivity contribution is -0.0453. The van der Waals surface area contributed by atoms with Gasteiger partial charge in [-0.3, -0.25) is 4.79 Å². The largest absolute Gasteiger partial charge is 0.504 e. The molecule has 11 rings (SSSR count). The molecule has 56 heavy (non-hydrogen) atoms. The van der Waals surface area contributed by atoms with Crippen LogP contribution in [0.15, 0.2) is 63.8 Å². The van der Waals surface area contributed by atoms with Crippen molar-refractivity contribution in [2.45, 2.75) is 73.0 Å². The summed E-state index contributed by atoms with van der Waals surface area (Å²) < 4.78 is 16.4. The minimum Gasteiger partial charge on any atom is -0.504 e. The first-order chi connectivity index (χ1) is 26.7. The van der Waals surface area contributed by atoms with Crippen molar-refractivity contribution in [2.75, 3.05) is 27.2 Å². The summed E-state index contributed by atoms with van der Waals surface area (Å²) in [6, 6.07) is 8.94. The van der Waals surface area contributed by atoms with E-state index in [1.165, 1.54) is 22.3 Å². The number of ether oxygens (including phenoxy) is 2. The molecule has 15 heteroatoms. The molecule has 4 aliphatic carbocycles. The molecule has 2 fully saturated rings. The van der Waals surface area contributed by atoms with E-state index in [-0.39, 0.29) is 34.5 Å². The Hall–Kier alpha value is -5.35. The van der Waals surface area contributed by atoms with E-state index in [1.54, 1.807) is 12.1 Å². The highest BCUT2D eigenvalue weighted by molar-refractivity contribution is 5.89. The topological polar surface area (TPSA) is 231 Å². The third-order valence-electron chi connectivity index (χ3n) is 13.6. The highest BCUT2D eigenvalue weighted by Gasteiger charge is 2.65. The third kappa shape index (κ3) is 4.87. The second-order valence-electron chi connectivity index (χ2n) is 16.1. The summed E-state index contributed by atoms with van der Waals surface area (Å²) in [5.74, 6) is -3.99. The number of carboxylic acids is 2. The predicted molar refractivity (Wildman–Crippen MR) is 196 cm³/mol. The number of aliphatic hydroxyl groups excluding tert-OH is 2. The molecule has 10 atom stereocenters. The Labute approximate surface area is 319 Å². The molecule has 8 aliphatic rings. The van der Waals surface area contributed by atoms with Crippen molar-refractivity contribution >= 4 is 11.9 Å². The quantitative estimate of drug-likeness (QED) is 0.185. The molecule has 0 amide bonds. The van der Waals surface area contributed by atoms with Gasteiger partial charge < -0.3 is 59.4 Å². The summed E-state index contributed by atoms with van der Waals surface area (Å²) in [7, 11) is 4.38. The van der Waals surface area contributed by atoms with Crippen LogP contribution in [0.4, 0.5) is 0 Å². The van der Waals surface area contributed by atoms with Crippen molar-refractivity contribution in [3.63, 3.8) is 0 Å². The monoisotopic (exact) mass is 770 g/mol. The van der Waals surface area contributed by atoms with Gasteiger partial charge in [0.05, 0.1) is 0 Å². The molecule has 2 aromatic carbocycles. The van der Waals surface area contributed by atoms with Crippen molar-refractivity contribution in [3.05, 3.63) is 98.6 Å². The average molecular weight is 771 g/mol. The van der Waals surface area contributed by atoms with E-state index >= 15 is 0 Å². The number of likely N-dealkylation sites (tertiary alicyclic amines) is 2. The van der Waals surface area contributed by atoms with Gasteiger partial charge in [0, 0.05) is 51.9 Å². The van der Waals surface area contributed by atoms with Gasteiger partial charge in [-0.25, -0.2) is 9.59 Å². The Morgan fingerprint density at radius 1 is 0.714 bits per heavy atom. The minimum atomic E-state index is -1.72. The van der Waals surface area contributed by atoms with Gasteiger partial charge in [0.2, 0.25) is 16.9 Å². The van der Waals surface area contributed by atoms with Crippen LogP contribution in [0.1, 0.15) is 56.2 Å². The lowest BCUT2D eigenvalue weighted by Gasteiger charge is -2.56. The first-order valence-corrected chi connectivity index (χ1v) is 18.7. The number of rotatable bonds is 2. The Kier molecular flexibility index (Phi) is 8.15. The summed E-state index contributed by atoms with van der Waals surface area (Å²) in [6.45, 7) is 2.02. The number of aromatic hydroxyl groups is 3. The highest BCUT2D eigenvalue weighted by Crippen LogP contribution is 2.63. The van der Waals surface area contributed by atoms with Crippen LogP contribution < -0.4 is 14.9 Å². The van der Waals surface area contributed by atoms with E-state index < -0.39 is 46.8 Å². The molecule has 5 heterocycles. The van der Waals surface area contributed by atoms with E-state index in [2.05, 4.69) is 40.5 Å². The van der Waals surface area contributed by atoms with Crippen LogP contribution in [0, 0.1) is 11.8 Å². The number of phenols is 2. The third-order valence-corrected chi connectivity index (χ3v) is 13.6. The molecule has 4 aliphatic heterocycles. The maximum absolute atomic E-state index is 10.8.